The van der Waals surface area contributed by atoms with Gasteiger partial charge in [-0.1, -0.05) is 59.8 Å². The first-order valence-corrected chi connectivity index (χ1v) is 20.5. The van der Waals surface area contributed by atoms with Gasteiger partial charge in [-0.3, -0.25) is 43.3 Å². The Balaban J connectivity index is 2.25. The third kappa shape index (κ3) is 17.1. The highest BCUT2D eigenvalue weighted by Gasteiger charge is 2.36. The van der Waals surface area contributed by atoms with E-state index in [9.17, 15) is 53.7 Å². The number of amides is 4. The van der Waals surface area contributed by atoms with Gasteiger partial charge in [-0.25, -0.2) is 0 Å². The summed E-state index contributed by atoms with van der Waals surface area (Å²) in [6.07, 6.45) is 2.33. The zero-order valence-electron chi connectivity index (χ0n) is 35.5. The van der Waals surface area contributed by atoms with Crippen LogP contribution in [-0.2, 0) is 44.8 Å². The number of benzene rings is 1. The number of rotatable bonds is 28. The second kappa shape index (κ2) is 24.7. The van der Waals surface area contributed by atoms with E-state index in [4.69, 9.17) is 11.5 Å². The van der Waals surface area contributed by atoms with Crippen LogP contribution < -0.4 is 27.4 Å². The van der Waals surface area contributed by atoms with Gasteiger partial charge in [-0.15, -0.1) is 0 Å². The van der Waals surface area contributed by atoms with E-state index in [0.29, 0.717) is 17.7 Å². The number of carboxylic acids is 1. The van der Waals surface area contributed by atoms with Crippen LogP contribution in [0, 0.1) is 35.5 Å². The summed E-state index contributed by atoms with van der Waals surface area (Å²) >= 11 is 0. The van der Waals surface area contributed by atoms with Gasteiger partial charge in [0.25, 0.3) is 0 Å². The van der Waals surface area contributed by atoms with E-state index in [1.807, 2.05) is 13.8 Å². The maximum atomic E-state index is 13.9. The number of phenols is 1. The van der Waals surface area contributed by atoms with Gasteiger partial charge < -0.3 is 42.7 Å². The molecule has 60 heavy (non-hydrogen) atoms. The largest absolute Gasteiger partial charge is 0.508 e. The Kier molecular flexibility index (Phi) is 20.9. The Morgan fingerprint density at radius 2 is 1.30 bits per heavy atom. The predicted octanol–water partition coefficient (Wildman–Crippen LogP) is 1.89. The molecule has 1 aromatic carbocycles. The highest BCUT2D eigenvalue weighted by molar-refractivity contribution is 5.97. The zero-order chi connectivity index (χ0) is 45.3. The molecule has 4 amide bonds. The Labute approximate surface area is 351 Å². The van der Waals surface area contributed by atoms with Crippen molar-refractivity contribution in [1.29, 1.82) is 0 Å². The molecule has 17 heteroatoms. The number of aliphatic carboxylic acids is 1. The van der Waals surface area contributed by atoms with E-state index >= 15 is 0 Å². The van der Waals surface area contributed by atoms with Crippen molar-refractivity contribution in [2.24, 2.45) is 52.0 Å². The van der Waals surface area contributed by atoms with Crippen LogP contribution in [0.3, 0.4) is 0 Å². The topological polar surface area (TPSA) is 298 Å². The lowest BCUT2D eigenvalue weighted by Gasteiger charge is -2.27. The number of carboxylic acid groups (broad SMARTS) is 1. The molecule has 10 N–H and O–H groups in total. The van der Waals surface area contributed by atoms with E-state index in [1.54, 1.807) is 52.1 Å². The van der Waals surface area contributed by atoms with Crippen molar-refractivity contribution in [1.82, 2.24) is 16.0 Å². The molecule has 0 fully saturated rings. The minimum Gasteiger partial charge on any atom is -0.508 e. The number of hydrogen-bond acceptors (Lipinski definition) is 12. The lowest BCUT2D eigenvalue weighted by Crippen LogP contribution is -2.52. The maximum absolute atomic E-state index is 13.9. The van der Waals surface area contributed by atoms with Gasteiger partial charge in [0.05, 0.1) is 42.6 Å². The number of ketones is 3. The molecule has 7 atom stereocenters. The molecule has 1 aliphatic rings. The van der Waals surface area contributed by atoms with Gasteiger partial charge in [0.2, 0.25) is 23.6 Å². The maximum Gasteiger partial charge on any atom is 0.307 e. The van der Waals surface area contributed by atoms with E-state index in [0.717, 1.165) is 0 Å². The number of primary amides is 1. The number of aromatic hydroxyl groups is 1. The molecule has 0 aliphatic carbocycles. The van der Waals surface area contributed by atoms with Crippen LogP contribution in [0.25, 0.3) is 0 Å². The number of nitrogens with two attached hydrogens (primary N) is 2. The second-order valence-electron chi connectivity index (χ2n) is 16.7. The van der Waals surface area contributed by atoms with Gasteiger partial charge in [0.1, 0.15) is 5.75 Å². The van der Waals surface area contributed by atoms with Gasteiger partial charge in [0, 0.05) is 56.4 Å². The van der Waals surface area contributed by atoms with Crippen LogP contribution >= 0.6 is 0 Å². The summed E-state index contributed by atoms with van der Waals surface area (Å²) in [7, 11) is 0. The molecule has 0 radical (unpaired) electrons. The van der Waals surface area contributed by atoms with Gasteiger partial charge >= 0.3 is 5.97 Å². The van der Waals surface area contributed by atoms with Gasteiger partial charge in [0.15, 0.2) is 17.3 Å². The number of hydrogen-bond donors (Lipinski definition) is 8. The number of aliphatic hydroxyl groups excluding tert-OH is 1. The molecule has 1 aromatic rings. The molecule has 17 nitrogen and oxygen atoms in total. The third-order valence-electron chi connectivity index (χ3n) is 10.4. The summed E-state index contributed by atoms with van der Waals surface area (Å²) in [6.45, 7) is 9.66. The minimum absolute atomic E-state index is 0.00181. The highest BCUT2D eigenvalue weighted by Crippen LogP contribution is 2.22. The lowest BCUT2D eigenvalue weighted by molar-refractivity contribution is -0.144. The van der Waals surface area contributed by atoms with Crippen LogP contribution in [0.4, 0.5) is 0 Å². The number of nitrogens with zero attached hydrogens (tertiary/aromatic N) is 1. The standard InChI is InChI=1S/C43H64N6O11/c1-23(2)16-32(34(52)19-28(43(59)60)17-26-9-12-31(51)13-10-26)47-40(56)27(11-14-37(44)55)18-36(54)39(25(5)6)49-41(57)29(22-50)20-35(53)33(21-30-8-7-15-46-30)48-42(58)38(45)24(3)4/h8-10,12-13,15,23-25,27-29,32-33,38-39,50-51H,7,11,14,16-22,45H2,1-6H3,(H2,44,55)(H,47,56)(H,48,58)(H,49,57)(H,59,60). The number of aliphatic imine (C=N–C) groups is 1. The fraction of sp³-hybridized carbons (Fsp3) is 0.605. The summed E-state index contributed by atoms with van der Waals surface area (Å²) < 4.78 is 0. The fourth-order valence-electron chi connectivity index (χ4n) is 6.68. The van der Waals surface area contributed by atoms with Crippen LogP contribution in [-0.4, -0.2) is 99.3 Å². The van der Waals surface area contributed by atoms with Crippen LogP contribution in [0.2, 0.25) is 0 Å². The van der Waals surface area contributed by atoms with Crippen LogP contribution in [0.15, 0.2) is 41.0 Å². The smallest absolute Gasteiger partial charge is 0.307 e. The summed E-state index contributed by atoms with van der Waals surface area (Å²) in [5.41, 5.74) is 12.6. The Morgan fingerprint density at radius 1 is 0.733 bits per heavy atom. The number of carbonyl (C=O) groups excluding carboxylic acids is 7. The van der Waals surface area contributed by atoms with Crippen molar-refractivity contribution in [3.05, 3.63) is 41.6 Å². The number of phenolic OH excluding ortho intramolecular Hbond substituents is 1. The van der Waals surface area contributed by atoms with Crippen LogP contribution in [0.5, 0.6) is 5.75 Å². The average molecular weight is 841 g/mol. The molecule has 1 aliphatic heterocycles. The molecule has 0 saturated carbocycles. The quantitative estimate of drug-likeness (QED) is 0.0600. The lowest BCUT2D eigenvalue weighted by atomic mass is 9.87. The van der Waals surface area contributed by atoms with Crippen LogP contribution in [0.1, 0.15) is 98.5 Å². The summed E-state index contributed by atoms with van der Waals surface area (Å²) in [4.78, 5) is 110. The summed E-state index contributed by atoms with van der Waals surface area (Å²) in [5.74, 6) is -10.3. The van der Waals surface area contributed by atoms with Crippen molar-refractivity contribution >= 4 is 53.2 Å². The first kappa shape index (κ1) is 50.9. The molecular weight excluding hydrogens is 777 g/mol. The second-order valence-corrected chi connectivity index (χ2v) is 16.7. The number of carbonyl (C=O) groups is 8. The predicted molar refractivity (Wildman–Crippen MR) is 223 cm³/mol. The molecular formula is C43H64N6O11. The molecule has 0 aromatic heterocycles. The first-order valence-electron chi connectivity index (χ1n) is 20.5. The molecule has 0 bridgehead atoms. The first-order chi connectivity index (χ1) is 28.1. The third-order valence-corrected chi connectivity index (χ3v) is 10.4. The minimum atomic E-state index is -1.31. The molecule has 7 unspecified atom stereocenters. The highest BCUT2D eigenvalue weighted by atomic mass is 16.4. The number of nitrogens with one attached hydrogen (secondary N) is 3. The molecule has 0 spiro atoms. The Hall–Kier alpha value is -5.29. The Morgan fingerprint density at radius 3 is 1.82 bits per heavy atom. The van der Waals surface area contributed by atoms with E-state index in [-0.39, 0.29) is 49.7 Å². The van der Waals surface area contributed by atoms with Gasteiger partial charge in [-0.2, -0.15) is 0 Å². The van der Waals surface area contributed by atoms with Crippen molar-refractivity contribution in [3.8, 4) is 5.75 Å². The van der Waals surface area contributed by atoms with Crippen molar-refractivity contribution in [3.63, 3.8) is 0 Å². The average Bonchev–Trinajstić information content (AvgIpc) is 3.69. The number of Topliss-reactive ketones (excluding diaryl/α,β-unsaturated/α-hetero) is 3. The fourth-order valence-corrected chi connectivity index (χ4v) is 6.68. The number of allylic oxidation sites excluding steroid dienone is 1. The molecule has 2 rings (SSSR count). The van der Waals surface area contributed by atoms with E-state index in [1.165, 1.54) is 12.1 Å². The van der Waals surface area contributed by atoms with Crippen molar-refractivity contribution in [2.75, 3.05) is 6.61 Å². The molecule has 332 valence electrons. The monoisotopic (exact) mass is 840 g/mol. The van der Waals surface area contributed by atoms with E-state index < -0.39 is 121 Å². The summed E-state index contributed by atoms with van der Waals surface area (Å²) in [5, 5.41) is 37.7. The van der Waals surface area contributed by atoms with Crippen molar-refractivity contribution < 1.29 is 53.7 Å². The zero-order valence-corrected chi connectivity index (χ0v) is 35.5. The SMILES string of the molecule is CC(C)CC(NC(=O)C(CCC(N)=O)CC(=O)C(NC(=O)C(CO)CC(=O)C(CC1=CCC=N1)NC(=O)C(N)C(C)C)C(C)C)C(=O)CC(Cc1ccc(O)cc1)C(=O)O. The summed E-state index contributed by atoms with van der Waals surface area (Å²) in [6, 6.07) is 1.58. The van der Waals surface area contributed by atoms with E-state index in [2.05, 4.69) is 20.9 Å². The Bertz CT molecular complexity index is 1740. The number of aliphatic hydroxyl groups is 1. The van der Waals surface area contributed by atoms with Gasteiger partial charge in [-0.05, 0) is 54.7 Å². The normalized spacial score (nSPS) is 15.9. The molecule has 0 saturated heterocycles. The van der Waals surface area contributed by atoms with Crippen molar-refractivity contribution in [2.45, 2.75) is 123 Å². The molecule has 1 heterocycles.